The van der Waals surface area contributed by atoms with E-state index in [4.69, 9.17) is 9.31 Å². The maximum absolute atomic E-state index is 12.1. The summed E-state index contributed by atoms with van der Waals surface area (Å²) < 4.78 is 38.9. The fourth-order valence-corrected chi connectivity index (χ4v) is 3.36. The first-order chi connectivity index (χ1) is 9.47. The van der Waals surface area contributed by atoms with Crippen molar-refractivity contribution in [1.29, 1.82) is 0 Å². The van der Waals surface area contributed by atoms with Gasteiger partial charge in [-0.2, -0.15) is 17.0 Å². The van der Waals surface area contributed by atoms with E-state index in [1.165, 1.54) is 8.61 Å². The minimum atomic E-state index is -3.35. The number of hydrogen-bond donors (Lipinski definition) is 0. The molecule has 0 aromatic heterocycles. The molecule has 0 amide bonds. The van der Waals surface area contributed by atoms with Crippen LogP contribution in [0.1, 0.15) is 34.1 Å². The summed E-state index contributed by atoms with van der Waals surface area (Å²) in [5.41, 5.74) is 0.287. The lowest BCUT2D eigenvalue weighted by atomic mass is 9.75. The molecular formula is C13H25BN2O4S. The molecule has 0 atom stereocenters. The monoisotopic (exact) mass is 316 g/mol. The molecule has 0 N–H and O–H groups in total. The number of hydrogen-bond acceptors (Lipinski definition) is 4. The second kappa shape index (κ2) is 5.35. The standard InChI is InChI=1S/C13H25BN2O4S/c1-12(2)13(3,4)20-14(19-12)11-7-9-16(10-8-11)21(17,18)15(5)6/h7H,8-10H2,1-6H3. The van der Waals surface area contributed by atoms with Gasteiger partial charge in [0, 0.05) is 27.2 Å². The maximum atomic E-state index is 12.1. The van der Waals surface area contributed by atoms with Crippen LogP contribution in [-0.2, 0) is 19.5 Å². The predicted molar refractivity (Wildman–Crippen MR) is 83.0 cm³/mol. The van der Waals surface area contributed by atoms with Crippen molar-refractivity contribution in [2.24, 2.45) is 0 Å². The van der Waals surface area contributed by atoms with E-state index in [0.717, 1.165) is 5.47 Å². The first-order valence-corrected chi connectivity index (χ1v) is 8.59. The van der Waals surface area contributed by atoms with Crippen LogP contribution in [0.3, 0.4) is 0 Å². The molecule has 120 valence electrons. The third kappa shape index (κ3) is 3.05. The molecule has 1 saturated heterocycles. The van der Waals surface area contributed by atoms with Crippen LogP contribution in [0.2, 0.25) is 0 Å². The normalized spacial score (nSPS) is 26.2. The average molecular weight is 316 g/mol. The fourth-order valence-electron chi connectivity index (χ4n) is 2.32. The minimum absolute atomic E-state index is 0.361. The first kappa shape index (κ1) is 17.0. The Labute approximate surface area is 128 Å². The highest BCUT2D eigenvalue weighted by atomic mass is 32.2. The van der Waals surface area contributed by atoms with Crippen LogP contribution in [0.15, 0.2) is 11.5 Å². The van der Waals surface area contributed by atoms with Crippen molar-refractivity contribution in [2.75, 3.05) is 27.2 Å². The van der Waals surface area contributed by atoms with Crippen LogP contribution in [0.5, 0.6) is 0 Å². The van der Waals surface area contributed by atoms with E-state index < -0.39 is 10.2 Å². The molecule has 2 heterocycles. The summed E-state index contributed by atoms with van der Waals surface area (Å²) in [6.07, 6.45) is 2.54. The van der Waals surface area contributed by atoms with Gasteiger partial charge in [0.25, 0.3) is 10.2 Å². The van der Waals surface area contributed by atoms with Crippen molar-refractivity contribution in [2.45, 2.75) is 45.3 Å². The van der Waals surface area contributed by atoms with Crippen molar-refractivity contribution >= 4 is 17.3 Å². The molecule has 1 fully saturated rings. The average Bonchev–Trinajstić information content (AvgIpc) is 2.58. The van der Waals surface area contributed by atoms with Crippen LogP contribution in [0.4, 0.5) is 0 Å². The van der Waals surface area contributed by atoms with Crippen molar-refractivity contribution < 1.29 is 17.7 Å². The lowest BCUT2D eigenvalue weighted by Crippen LogP contribution is -2.43. The van der Waals surface area contributed by atoms with E-state index in [-0.39, 0.29) is 18.3 Å². The summed E-state index contributed by atoms with van der Waals surface area (Å²) in [5, 5.41) is 0. The molecule has 0 unspecified atom stereocenters. The molecular weight excluding hydrogens is 291 g/mol. The second-order valence-corrected chi connectivity index (χ2v) is 8.91. The van der Waals surface area contributed by atoms with Gasteiger partial charge in [-0.1, -0.05) is 6.08 Å². The molecule has 0 bridgehead atoms. The molecule has 0 aliphatic carbocycles. The summed E-state index contributed by atoms with van der Waals surface area (Å²) in [6, 6.07) is 0. The summed E-state index contributed by atoms with van der Waals surface area (Å²) in [4.78, 5) is 0. The van der Waals surface area contributed by atoms with Gasteiger partial charge in [0.15, 0.2) is 0 Å². The Morgan fingerprint density at radius 3 is 2.10 bits per heavy atom. The third-order valence-corrected chi connectivity index (χ3v) is 6.46. The van der Waals surface area contributed by atoms with Gasteiger partial charge in [-0.15, -0.1) is 0 Å². The summed E-state index contributed by atoms with van der Waals surface area (Å²) >= 11 is 0. The Hall–Kier alpha value is -0.405. The number of nitrogens with zero attached hydrogens (tertiary/aromatic N) is 2. The van der Waals surface area contributed by atoms with Gasteiger partial charge in [-0.25, -0.2) is 0 Å². The zero-order valence-corrected chi connectivity index (χ0v) is 14.5. The molecule has 8 heteroatoms. The van der Waals surface area contributed by atoms with E-state index >= 15 is 0 Å². The topological polar surface area (TPSA) is 59.1 Å². The summed E-state index contributed by atoms with van der Waals surface area (Å²) in [5.74, 6) is 0. The Morgan fingerprint density at radius 2 is 1.71 bits per heavy atom. The van der Waals surface area contributed by atoms with Crippen molar-refractivity contribution in [3.63, 3.8) is 0 Å². The summed E-state index contributed by atoms with van der Waals surface area (Å²) in [6.45, 7) is 8.87. The highest BCUT2D eigenvalue weighted by molar-refractivity contribution is 7.86. The molecule has 2 rings (SSSR count). The molecule has 0 saturated carbocycles. The largest absolute Gasteiger partial charge is 0.490 e. The second-order valence-electron chi connectivity index (χ2n) is 6.77. The maximum Gasteiger partial charge on any atom is 0.490 e. The first-order valence-electron chi connectivity index (χ1n) is 7.19. The van der Waals surface area contributed by atoms with Crippen LogP contribution in [-0.4, -0.2) is 62.5 Å². The van der Waals surface area contributed by atoms with Crippen LogP contribution >= 0.6 is 0 Å². The highest BCUT2D eigenvalue weighted by Gasteiger charge is 2.52. The molecule has 0 aromatic carbocycles. The molecule has 2 aliphatic rings. The van der Waals surface area contributed by atoms with Crippen molar-refractivity contribution in [1.82, 2.24) is 8.61 Å². The molecule has 2 aliphatic heterocycles. The van der Waals surface area contributed by atoms with Gasteiger partial charge < -0.3 is 9.31 Å². The highest BCUT2D eigenvalue weighted by Crippen LogP contribution is 2.39. The lowest BCUT2D eigenvalue weighted by Gasteiger charge is -2.32. The Kier molecular flexibility index (Phi) is 4.32. The molecule has 6 nitrogen and oxygen atoms in total. The quantitative estimate of drug-likeness (QED) is 0.731. The third-order valence-electron chi connectivity index (χ3n) is 4.55. The van der Waals surface area contributed by atoms with E-state index in [1.54, 1.807) is 14.1 Å². The van der Waals surface area contributed by atoms with Crippen molar-refractivity contribution in [3.05, 3.63) is 11.5 Å². The van der Waals surface area contributed by atoms with Gasteiger partial charge >= 0.3 is 7.12 Å². The SMILES string of the molecule is CN(C)S(=O)(=O)N1CC=C(B2OC(C)(C)C(C)(C)O2)CC1. The number of rotatable bonds is 3. The molecule has 21 heavy (non-hydrogen) atoms. The van der Waals surface area contributed by atoms with Crippen molar-refractivity contribution in [3.8, 4) is 0 Å². The minimum Gasteiger partial charge on any atom is -0.400 e. The van der Waals surface area contributed by atoms with Gasteiger partial charge in [0.1, 0.15) is 0 Å². The predicted octanol–water partition coefficient (Wildman–Crippen LogP) is 1.06. The van der Waals surface area contributed by atoms with Gasteiger partial charge in [-0.3, -0.25) is 0 Å². The summed E-state index contributed by atoms with van der Waals surface area (Å²) in [7, 11) is -0.639. The Balaban J connectivity index is 2.09. The van der Waals surface area contributed by atoms with Gasteiger partial charge in [0.05, 0.1) is 11.2 Å². The van der Waals surface area contributed by atoms with E-state index in [1.807, 2.05) is 33.8 Å². The fraction of sp³-hybridized carbons (Fsp3) is 0.846. The lowest BCUT2D eigenvalue weighted by molar-refractivity contribution is 0.00578. The van der Waals surface area contributed by atoms with Gasteiger partial charge in [-0.05, 0) is 39.6 Å². The van der Waals surface area contributed by atoms with Crippen LogP contribution in [0, 0.1) is 0 Å². The van der Waals surface area contributed by atoms with E-state index in [2.05, 4.69) is 0 Å². The Morgan fingerprint density at radius 1 is 1.19 bits per heavy atom. The van der Waals surface area contributed by atoms with E-state index in [9.17, 15) is 8.42 Å². The molecule has 0 spiro atoms. The zero-order valence-electron chi connectivity index (χ0n) is 13.7. The Bertz CT molecular complexity index is 526. The zero-order chi connectivity index (χ0) is 16.1. The van der Waals surface area contributed by atoms with E-state index in [0.29, 0.717) is 19.5 Å². The van der Waals surface area contributed by atoms with Gasteiger partial charge in [0.2, 0.25) is 0 Å². The van der Waals surface area contributed by atoms with Crippen LogP contribution < -0.4 is 0 Å². The smallest absolute Gasteiger partial charge is 0.400 e. The molecule has 0 radical (unpaired) electrons. The molecule has 0 aromatic rings. The van der Waals surface area contributed by atoms with Crippen LogP contribution in [0.25, 0.3) is 0 Å².